The number of halogens is 1. The molecule has 0 saturated heterocycles. The predicted molar refractivity (Wildman–Crippen MR) is 111 cm³/mol. The van der Waals surface area contributed by atoms with Crippen LogP contribution < -0.4 is 5.32 Å². The zero-order valence-electron chi connectivity index (χ0n) is 16.6. The molecule has 142 valence electrons. The van der Waals surface area contributed by atoms with Gasteiger partial charge in [0.1, 0.15) is 11.3 Å². The minimum Gasteiger partial charge on any atom is -0.336 e. The molecule has 3 nitrogen and oxygen atoms in total. The van der Waals surface area contributed by atoms with Crippen molar-refractivity contribution in [2.24, 2.45) is 0 Å². The predicted octanol–water partition coefficient (Wildman–Crippen LogP) is 4.94. The fourth-order valence-corrected chi connectivity index (χ4v) is 2.93. The van der Waals surface area contributed by atoms with Gasteiger partial charge in [0, 0.05) is 10.9 Å². The highest BCUT2D eigenvalue weighted by atomic mass is 19.1. The first kappa shape index (κ1) is 19.6. The van der Waals surface area contributed by atoms with E-state index >= 15 is 0 Å². The Hall–Kier alpha value is -3.19. The number of aryl methyl sites for hydroxylation is 2. The van der Waals surface area contributed by atoms with Crippen molar-refractivity contribution < 1.29 is 9.18 Å². The fraction of sp³-hybridized carbons (Fsp3) is 0.250. The second kappa shape index (κ2) is 7.82. The monoisotopic (exact) mass is 374 g/mol. The molecule has 0 bridgehead atoms. The summed E-state index contributed by atoms with van der Waals surface area (Å²) in [4.78, 5) is 17.2. The number of aromatic nitrogens is 1. The van der Waals surface area contributed by atoms with Gasteiger partial charge in [-0.05, 0) is 51.0 Å². The zero-order valence-corrected chi connectivity index (χ0v) is 16.6. The second-order valence-corrected chi connectivity index (χ2v) is 7.14. The standard InChI is InChI=1S/C24H23FN2O/c1-5-24(4,14-13-18-10-7-6-9-16(18)2)27-23(28)20-15-19-11-8-12-21(25)22(19)26-17(20)3/h6-12,15H,5H2,1-4H3,(H,27,28). The highest BCUT2D eigenvalue weighted by Gasteiger charge is 2.24. The van der Waals surface area contributed by atoms with Crippen LogP contribution in [-0.2, 0) is 0 Å². The van der Waals surface area contributed by atoms with E-state index in [2.05, 4.69) is 22.1 Å². The summed E-state index contributed by atoms with van der Waals surface area (Å²) in [6.45, 7) is 7.60. The molecule has 1 N–H and O–H groups in total. The summed E-state index contributed by atoms with van der Waals surface area (Å²) in [5, 5.41) is 3.62. The van der Waals surface area contributed by atoms with Crippen LogP contribution >= 0.6 is 0 Å². The molecule has 1 heterocycles. The Labute approximate surface area is 165 Å². The van der Waals surface area contributed by atoms with Crippen molar-refractivity contribution in [3.05, 3.63) is 76.7 Å². The van der Waals surface area contributed by atoms with E-state index in [4.69, 9.17) is 0 Å². The Morgan fingerprint density at radius 3 is 2.64 bits per heavy atom. The van der Waals surface area contributed by atoms with Gasteiger partial charge in [-0.2, -0.15) is 0 Å². The largest absolute Gasteiger partial charge is 0.336 e. The van der Waals surface area contributed by atoms with Crippen LogP contribution in [0.1, 0.15) is 47.4 Å². The zero-order chi connectivity index (χ0) is 20.3. The minimum atomic E-state index is -0.692. The first-order valence-corrected chi connectivity index (χ1v) is 9.30. The van der Waals surface area contributed by atoms with E-state index in [9.17, 15) is 9.18 Å². The van der Waals surface area contributed by atoms with Crippen molar-refractivity contribution in [1.29, 1.82) is 0 Å². The van der Waals surface area contributed by atoms with Crippen molar-refractivity contribution in [3.63, 3.8) is 0 Å². The summed E-state index contributed by atoms with van der Waals surface area (Å²) in [5.41, 5.74) is 2.53. The van der Waals surface area contributed by atoms with Crippen LogP contribution in [0.15, 0.2) is 48.5 Å². The summed E-state index contributed by atoms with van der Waals surface area (Å²) in [6, 6.07) is 14.3. The van der Waals surface area contributed by atoms with Gasteiger partial charge in [0.15, 0.2) is 0 Å². The maximum Gasteiger partial charge on any atom is 0.254 e. The number of fused-ring (bicyclic) bond motifs is 1. The average molecular weight is 374 g/mol. The summed E-state index contributed by atoms with van der Waals surface area (Å²) in [5.74, 6) is 5.73. The number of carbonyl (C=O) groups excluding carboxylic acids is 1. The van der Waals surface area contributed by atoms with E-state index in [1.165, 1.54) is 6.07 Å². The molecule has 0 radical (unpaired) electrons. The van der Waals surface area contributed by atoms with E-state index < -0.39 is 11.4 Å². The molecule has 1 amide bonds. The van der Waals surface area contributed by atoms with Crippen molar-refractivity contribution >= 4 is 16.8 Å². The van der Waals surface area contributed by atoms with Gasteiger partial charge in [-0.3, -0.25) is 4.79 Å². The van der Waals surface area contributed by atoms with E-state index in [0.717, 1.165) is 11.1 Å². The molecule has 1 unspecified atom stereocenters. The Bertz CT molecular complexity index is 1110. The molecule has 4 heteroatoms. The number of pyridine rings is 1. The molecule has 0 aliphatic rings. The normalized spacial score (nSPS) is 12.8. The number of hydrogen-bond acceptors (Lipinski definition) is 2. The molecule has 1 aromatic heterocycles. The van der Waals surface area contributed by atoms with Crippen molar-refractivity contribution in [3.8, 4) is 11.8 Å². The SMILES string of the molecule is CCC(C)(C#Cc1ccccc1C)NC(=O)c1cc2cccc(F)c2nc1C. The maximum absolute atomic E-state index is 13.9. The average Bonchev–Trinajstić information content (AvgIpc) is 2.67. The molecule has 0 saturated carbocycles. The number of hydrogen-bond donors (Lipinski definition) is 1. The molecule has 3 rings (SSSR count). The van der Waals surface area contributed by atoms with Crippen molar-refractivity contribution in [2.75, 3.05) is 0 Å². The third kappa shape index (κ3) is 4.04. The molecule has 0 fully saturated rings. The van der Waals surface area contributed by atoms with Gasteiger partial charge in [-0.15, -0.1) is 0 Å². The number of nitrogens with zero attached hydrogens (tertiary/aromatic N) is 1. The van der Waals surface area contributed by atoms with Gasteiger partial charge in [0.25, 0.3) is 5.91 Å². The van der Waals surface area contributed by atoms with E-state index in [-0.39, 0.29) is 11.4 Å². The Morgan fingerprint density at radius 2 is 1.93 bits per heavy atom. The van der Waals surface area contributed by atoms with Gasteiger partial charge < -0.3 is 5.32 Å². The first-order chi connectivity index (χ1) is 13.3. The lowest BCUT2D eigenvalue weighted by atomic mass is 9.97. The Kier molecular flexibility index (Phi) is 5.46. The van der Waals surface area contributed by atoms with Gasteiger partial charge in [-0.1, -0.05) is 49.1 Å². The van der Waals surface area contributed by atoms with Crippen LogP contribution in [0.5, 0.6) is 0 Å². The number of benzene rings is 2. The van der Waals surface area contributed by atoms with Gasteiger partial charge in [0.05, 0.1) is 16.8 Å². The van der Waals surface area contributed by atoms with Crippen molar-refractivity contribution in [1.82, 2.24) is 10.3 Å². The van der Waals surface area contributed by atoms with Crippen LogP contribution in [0.25, 0.3) is 10.9 Å². The lowest BCUT2D eigenvalue weighted by Gasteiger charge is -2.24. The van der Waals surface area contributed by atoms with Gasteiger partial charge >= 0.3 is 0 Å². The van der Waals surface area contributed by atoms with E-state index in [1.807, 2.05) is 45.0 Å². The molecule has 0 aliphatic carbocycles. The van der Waals surface area contributed by atoms with Crippen LogP contribution in [0.3, 0.4) is 0 Å². The molecular formula is C24H23FN2O. The smallest absolute Gasteiger partial charge is 0.254 e. The highest BCUT2D eigenvalue weighted by Crippen LogP contribution is 2.20. The lowest BCUT2D eigenvalue weighted by Crippen LogP contribution is -2.44. The molecular weight excluding hydrogens is 351 g/mol. The summed E-state index contributed by atoms with van der Waals surface area (Å²) in [7, 11) is 0. The Balaban J connectivity index is 1.91. The number of para-hydroxylation sites is 1. The number of carbonyl (C=O) groups is 1. The molecule has 2 aromatic carbocycles. The fourth-order valence-electron chi connectivity index (χ4n) is 2.93. The number of amides is 1. The topological polar surface area (TPSA) is 42.0 Å². The molecule has 0 spiro atoms. The van der Waals surface area contributed by atoms with Gasteiger partial charge in [-0.25, -0.2) is 9.37 Å². The number of rotatable bonds is 3. The minimum absolute atomic E-state index is 0.264. The number of nitrogens with one attached hydrogen (secondary N) is 1. The summed E-state index contributed by atoms with van der Waals surface area (Å²) >= 11 is 0. The Morgan fingerprint density at radius 1 is 1.18 bits per heavy atom. The molecule has 3 aromatic rings. The second-order valence-electron chi connectivity index (χ2n) is 7.14. The van der Waals surface area contributed by atoms with Gasteiger partial charge in [0.2, 0.25) is 0 Å². The summed E-state index contributed by atoms with van der Waals surface area (Å²) in [6.07, 6.45) is 0.645. The summed E-state index contributed by atoms with van der Waals surface area (Å²) < 4.78 is 13.9. The lowest BCUT2D eigenvalue weighted by molar-refractivity contribution is 0.0923. The third-order valence-electron chi connectivity index (χ3n) is 4.95. The van der Waals surface area contributed by atoms with Crippen molar-refractivity contribution in [2.45, 2.75) is 39.7 Å². The molecule has 28 heavy (non-hydrogen) atoms. The maximum atomic E-state index is 13.9. The third-order valence-corrected chi connectivity index (χ3v) is 4.95. The van der Waals surface area contributed by atoms with Crippen LogP contribution in [0.2, 0.25) is 0 Å². The first-order valence-electron chi connectivity index (χ1n) is 9.30. The van der Waals surface area contributed by atoms with Crippen LogP contribution in [-0.4, -0.2) is 16.4 Å². The molecule has 1 atom stereocenters. The van der Waals surface area contributed by atoms with Crippen LogP contribution in [0, 0.1) is 31.5 Å². The molecule has 0 aliphatic heterocycles. The van der Waals surface area contributed by atoms with E-state index in [0.29, 0.717) is 23.1 Å². The van der Waals surface area contributed by atoms with Crippen LogP contribution in [0.4, 0.5) is 4.39 Å². The highest BCUT2D eigenvalue weighted by molar-refractivity contribution is 5.99. The quantitative estimate of drug-likeness (QED) is 0.660. The van der Waals surface area contributed by atoms with E-state index in [1.54, 1.807) is 25.1 Å².